The summed E-state index contributed by atoms with van der Waals surface area (Å²) >= 11 is 0. The van der Waals surface area contributed by atoms with Gasteiger partial charge in [0.25, 0.3) is 5.69 Å². The largest absolute Gasteiger partial charge is 0.305 e. The molecule has 0 spiro atoms. The molecule has 0 fully saturated rings. The first-order valence-corrected chi connectivity index (χ1v) is 8.96. The van der Waals surface area contributed by atoms with Gasteiger partial charge in [0.05, 0.1) is 28.2 Å². The monoisotopic (exact) mass is 368 g/mol. The molecule has 6 nitrogen and oxygen atoms in total. The molecule has 5 rings (SSSR count). The summed E-state index contributed by atoms with van der Waals surface area (Å²) in [6.45, 7) is 0.717. The Morgan fingerprint density at radius 1 is 0.857 bits per heavy atom. The first kappa shape index (κ1) is 16.3. The van der Waals surface area contributed by atoms with E-state index in [-0.39, 0.29) is 5.69 Å². The minimum atomic E-state index is -0.394. The van der Waals surface area contributed by atoms with E-state index in [2.05, 4.69) is 33.2 Å². The van der Waals surface area contributed by atoms with Crippen molar-refractivity contribution in [2.45, 2.75) is 6.54 Å². The van der Waals surface area contributed by atoms with Crippen LogP contribution in [0.3, 0.4) is 0 Å². The second-order valence-corrected chi connectivity index (χ2v) is 6.66. The Morgan fingerprint density at radius 3 is 2.25 bits per heavy atom. The minimum Gasteiger partial charge on any atom is -0.305 e. The molecule has 0 aliphatic carbocycles. The molecular weight excluding hydrogens is 352 g/mol. The Bertz CT molecular complexity index is 1300. The standard InChI is InChI=1S/C22H16N4O2/c27-26(28)18-12-10-17(11-13-18)19-15-25-21-9-5-4-8-20(21)24(22(25)23-19)14-16-6-2-1-3-7-16/h1-13,15H,14H2. The first-order valence-electron chi connectivity index (χ1n) is 8.96. The lowest BCUT2D eigenvalue weighted by Gasteiger charge is -2.05. The normalized spacial score (nSPS) is 11.3. The highest BCUT2D eigenvalue weighted by Crippen LogP contribution is 2.27. The molecule has 0 bridgehead atoms. The molecule has 5 aromatic rings. The smallest absolute Gasteiger partial charge is 0.269 e. The number of nitrogens with zero attached hydrogens (tertiary/aromatic N) is 4. The Morgan fingerprint density at radius 2 is 1.54 bits per heavy atom. The third-order valence-corrected chi connectivity index (χ3v) is 4.92. The minimum absolute atomic E-state index is 0.0755. The number of hydrogen-bond acceptors (Lipinski definition) is 3. The Hall–Kier alpha value is -3.93. The van der Waals surface area contributed by atoms with Crippen LogP contribution in [-0.2, 0) is 6.54 Å². The maximum atomic E-state index is 10.9. The lowest BCUT2D eigenvalue weighted by molar-refractivity contribution is -0.384. The van der Waals surface area contributed by atoms with Crippen molar-refractivity contribution in [1.29, 1.82) is 0 Å². The van der Waals surface area contributed by atoms with E-state index < -0.39 is 4.92 Å². The van der Waals surface area contributed by atoms with Crippen molar-refractivity contribution in [1.82, 2.24) is 14.0 Å². The number of hydrogen-bond donors (Lipinski definition) is 0. The number of fused-ring (bicyclic) bond motifs is 3. The van der Waals surface area contributed by atoms with E-state index in [1.807, 2.05) is 36.5 Å². The van der Waals surface area contributed by atoms with Gasteiger partial charge in [-0.1, -0.05) is 42.5 Å². The van der Waals surface area contributed by atoms with Crippen LogP contribution in [0, 0.1) is 10.1 Å². The van der Waals surface area contributed by atoms with Crippen molar-refractivity contribution in [2.75, 3.05) is 0 Å². The predicted octanol–water partition coefficient (Wildman–Crippen LogP) is 4.91. The molecular formula is C22H16N4O2. The van der Waals surface area contributed by atoms with Crippen LogP contribution in [0.1, 0.15) is 5.56 Å². The van der Waals surface area contributed by atoms with Gasteiger partial charge in [0.15, 0.2) is 0 Å². The van der Waals surface area contributed by atoms with Crippen molar-refractivity contribution in [3.05, 3.63) is 101 Å². The number of non-ortho nitro benzene ring substituents is 1. The third-order valence-electron chi connectivity index (χ3n) is 4.92. The van der Waals surface area contributed by atoms with Crippen LogP contribution in [0.25, 0.3) is 28.1 Å². The van der Waals surface area contributed by atoms with Crippen molar-refractivity contribution in [2.24, 2.45) is 0 Å². The summed E-state index contributed by atoms with van der Waals surface area (Å²) in [5.41, 5.74) is 5.11. The number of nitro groups is 1. The first-order chi connectivity index (χ1) is 13.7. The topological polar surface area (TPSA) is 65.4 Å². The molecule has 0 saturated heterocycles. The van der Waals surface area contributed by atoms with Gasteiger partial charge in [-0.2, -0.15) is 0 Å². The molecule has 0 unspecified atom stereocenters. The third kappa shape index (κ3) is 2.63. The summed E-state index contributed by atoms with van der Waals surface area (Å²) in [6.07, 6.45) is 1.99. The highest BCUT2D eigenvalue weighted by Gasteiger charge is 2.15. The van der Waals surface area contributed by atoms with Crippen molar-refractivity contribution in [3.8, 4) is 11.3 Å². The fraction of sp³-hybridized carbons (Fsp3) is 0.0455. The van der Waals surface area contributed by atoms with Crippen LogP contribution in [0.4, 0.5) is 5.69 Å². The molecule has 2 aromatic heterocycles. The average Bonchev–Trinajstić information content (AvgIpc) is 3.28. The van der Waals surface area contributed by atoms with Gasteiger partial charge in [-0.15, -0.1) is 0 Å². The fourth-order valence-corrected chi connectivity index (χ4v) is 3.56. The zero-order valence-corrected chi connectivity index (χ0v) is 14.9. The summed E-state index contributed by atoms with van der Waals surface area (Å²) in [7, 11) is 0. The average molecular weight is 368 g/mol. The molecule has 0 saturated carbocycles. The molecule has 2 heterocycles. The van der Waals surface area contributed by atoms with E-state index in [1.54, 1.807) is 12.1 Å². The lowest BCUT2D eigenvalue weighted by Crippen LogP contribution is -2.00. The van der Waals surface area contributed by atoms with Crippen LogP contribution in [0.2, 0.25) is 0 Å². The molecule has 0 N–H and O–H groups in total. The number of nitro benzene ring substituents is 1. The van der Waals surface area contributed by atoms with Crippen LogP contribution in [0.5, 0.6) is 0 Å². The van der Waals surface area contributed by atoms with Gasteiger partial charge >= 0.3 is 0 Å². The van der Waals surface area contributed by atoms with Gasteiger partial charge in [-0.05, 0) is 29.8 Å². The van der Waals surface area contributed by atoms with Gasteiger partial charge in [0.2, 0.25) is 5.78 Å². The summed E-state index contributed by atoms with van der Waals surface area (Å²) in [4.78, 5) is 15.3. The molecule has 0 radical (unpaired) electrons. The summed E-state index contributed by atoms with van der Waals surface area (Å²) < 4.78 is 4.27. The number of para-hydroxylation sites is 2. The summed E-state index contributed by atoms with van der Waals surface area (Å²) in [6, 6.07) is 25.0. The summed E-state index contributed by atoms with van der Waals surface area (Å²) in [5, 5.41) is 10.9. The zero-order chi connectivity index (χ0) is 19.1. The highest BCUT2D eigenvalue weighted by molar-refractivity contribution is 5.82. The summed E-state index contributed by atoms with van der Waals surface area (Å²) in [5.74, 6) is 0.846. The molecule has 0 aliphatic rings. The Kier molecular flexibility index (Phi) is 3.69. The predicted molar refractivity (Wildman–Crippen MR) is 108 cm³/mol. The van der Waals surface area contributed by atoms with Gasteiger partial charge in [-0.3, -0.25) is 14.5 Å². The van der Waals surface area contributed by atoms with E-state index in [9.17, 15) is 10.1 Å². The number of aromatic nitrogens is 3. The van der Waals surface area contributed by atoms with E-state index in [0.29, 0.717) is 6.54 Å². The van der Waals surface area contributed by atoms with Crippen molar-refractivity contribution in [3.63, 3.8) is 0 Å². The zero-order valence-electron chi connectivity index (χ0n) is 14.9. The fourth-order valence-electron chi connectivity index (χ4n) is 3.56. The number of rotatable bonds is 4. The number of imidazole rings is 2. The van der Waals surface area contributed by atoms with Crippen LogP contribution in [-0.4, -0.2) is 18.9 Å². The Labute approximate surface area is 160 Å². The molecule has 136 valence electrons. The quantitative estimate of drug-likeness (QED) is 0.334. The Balaban J connectivity index is 1.66. The second-order valence-electron chi connectivity index (χ2n) is 6.66. The van der Waals surface area contributed by atoms with Crippen LogP contribution >= 0.6 is 0 Å². The van der Waals surface area contributed by atoms with Crippen LogP contribution in [0.15, 0.2) is 85.1 Å². The maximum absolute atomic E-state index is 10.9. The molecule has 0 atom stereocenters. The number of benzene rings is 3. The maximum Gasteiger partial charge on any atom is 0.269 e. The van der Waals surface area contributed by atoms with Crippen molar-refractivity contribution < 1.29 is 4.92 Å². The van der Waals surface area contributed by atoms with E-state index in [1.165, 1.54) is 17.7 Å². The second kappa shape index (κ2) is 6.35. The van der Waals surface area contributed by atoms with Crippen molar-refractivity contribution >= 4 is 22.5 Å². The van der Waals surface area contributed by atoms with E-state index >= 15 is 0 Å². The van der Waals surface area contributed by atoms with Gasteiger partial charge in [0.1, 0.15) is 0 Å². The molecule has 3 aromatic carbocycles. The van der Waals surface area contributed by atoms with Gasteiger partial charge in [-0.25, -0.2) is 4.98 Å². The molecule has 0 amide bonds. The van der Waals surface area contributed by atoms with Gasteiger partial charge in [0, 0.05) is 23.9 Å². The van der Waals surface area contributed by atoms with E-state index in [4.69, 9.17) is 4.98 Å². The molecule has 28 heavy (non-hydrogen) atoms. The SMILES string of the molecule is O=[N+]([O-])c1ccc(-c2cn3c4ccccc4n(Cc4ccccc4)c3n2)cc1. The molecule has 0 aliphatic heterocycles. The molecule has 6 heteroatoms. The lowest BCUT2D eigenvalue weighted by atomic mass is 10.1. The van der Waals surface area contributed by atoms with Gasteiger partial charge < -0.3 is 4.57 Å². The van der Waals surface area contributed by atoms with Crippen LogP contribution < -0.4 is 0 Å². The van der Waals surface area contributed by atoms with E-state index in [0.717, 1.165) is 28.1 Å². The highest BCUT2D eigenvalue weighted by atomic mass is 16.6.